The van der Waals surface area contributed by atoms with Gasteiger partial charge in [-0.1, -0.05) is 88.8 Å². The van der Waals surface area contributed by atoms with E-state index in [2.05, 4.69) is 55.4 Å². The molecule has 8 heteroatoms. The first-order valence-electron chi connectivity index (χ1n) is 17.4. The number of ether oxygens (including phenoxy) is 1. The van der Waals surface area contributed by atoms with E-state index in [1.54, 1.807) is 7.11 Å². The predicted molar refractivity (Wildman–Crippen MR) is 181 cm³/mol. The molecule has 2 N–H and O–H groups in total. The molecule has 8 nitrogen and oxygen atoms in total. The Labute approximate surface area is 272 Å². The molecule has 1 aromatic carbocycles. The standard InChI is InChI=1S/C37H60N4O4/c1-8-10-21-41(37(45-7)28(5)36(44)39-27(4)22-29-15-12-11-13-16-29)33(31-19-20-31)23-32(30-17-14-18-30)35(26(3)9-2)40(6)34(43)24-38-25-42/h11-13,15-16,25-28,30,32,35,37H,8-10,14,17-24H2,1-7H3,(H,38,42)(H,39,44). The molecular weight excluding hydrogens is 564 g/mol. The van der Waals surface area contributed by atoms with Crippen LogP contribution in [0, 0.1) is 23.7 Å². The molecule has 2 aliphatic carbocycles. The van der Waals surface area contributed by atoms with Crippen molar-refractivity contribution < 1.29 is 19.1 Å². The van der Waals surface area contributed by atoms with Crippen LogP contribution in [0.4, 0.5) is 0 Å². The molecular formula is C37H60N4O4. The van der Waals surface area contributed by atoms with Gasteiger partial charge in [-0.2, -0.15) is 0 Å². The highest BCUT2D eigenvalue weighted by Gasteiger charge is 2.42. The largest absolute Gasteiger partial charge is 0.361 e. The smallest absolute Gasteiger partial charge is 0.241 e. The lowest BCUT2D eigenvalue weighted by atomic mass is 9.67. The first-order chi connectivity index (χ1) is 21.7. The van der Waals surface area contributed by atoms with Crippen LogP contribution in [0.3, 0.4) is 0 Å². The van der Waals surface area contributed by atoms with Crippen LogP contribution in [0.5, 0.6) is 0 Å². The number of hydrogen-bond acceptors (Lipinski definition) is 5. The number of benzene rings is 1. The minimum atomic E-state index is -0.385. The summed E-state index contributed by atoms with van der Waals surface area (Å²) in [5, 5.41) is 5.84. The van der Waals surface area contributed by atoms with Crippen LogP contribution >= 0.6 is 0 Å². The van der Waals surface area contributed by atoms with E-state index in [1.165, 1.54) is 36.1 Å². The van der Waals surface area contributed by atoms with Gasteiger partial charge in [-0.3, -0.25) is 14.4 Å². The molecule has 0 spiro atoms. The predicted octanol–water partition coefficient (Wildman–Crippen LogP) is 5.92. The Morgan fingerprint density at radius 3 is 2.31 bits per heavy atom. The van der Waals surface area contributed by atoms with Gasteiger partial charge in [0.15, 0.2) is 0 Å². The van der Waals surface area contributed by atoms with Crippen molar-refractivity contribution in [1.29, 1.82) is 0 Å². The lowest BCUT2D eigenvalue weighted by Crippen LogP contribution is -2.52. The van der Waals surface area contributed by atoms with Crippen molar-refractivity contribution >= 4 is 18.2 Å². The number of methoxy groups -OCH3 is 1. The van der Waals surface area contributed by atoms with Crippen molar-refractivity contribution in [3.8, 4) is 0 Å². The third-order valence-corrected chi connectivity index (χ3v) is 10.2. The summed E-state index contributed by atoms with van der Waals surface area (Å²) < 4.78 is 6.22. The average molecular weight is 625 g/mol. The second-order valence-electron chi connectivity index (χ2n) is 13.5. The van der Waals surface area contributed by atoms with E-state index in [1.807, 2.05) is 37.1 Å². The number of amides is 3. The summed E-state index contributed by atoms with van der Waals surface area (Å²) in [5.74, 6) is 0.729. The molecule has 0 saturated heterocycles. The third-order valence-electron chi connectivity index (χ3n) is 10.2. The molecule has 0 heterocycles. The van der Waals surface area contributed by atoms with Gasteiger partial charge in [0.2, 0.25) is 18.2 Å². The van der Waals surface area contributed by atoms with Gasteiger partial charge < -0.3 is 25.2 Å². The van der Waals surface area contributed by atoms with Gasteiger partial charge in [-0.25, -0.2) is 0 Å². The van der Waals surface area contributed by atoms with Crippen molar-refractivity contribution in [2.75, 3.05) is 27.2 Å². The number of likely N-dealkylation sites (N-methyl/N-ethyl adjacent to an activating group) is 1. The van der Waals surface area contributed by atoms with Crippen molar-refractivity contribution in [3.63, 3.8) is 0 Å². The van der Waals surface area contributed by atoms with Crippen LogP contribution in [0.25, 0.3) is 0 Å². The Bertz CT molecular complexity index is 1100. The SMILES string of the molecule is CCCCN(C(CC(C1CCC1)C(C(C)CC)N(C)C(=O)CNC=O)=C1CC1)C(OC)C(C)C(=O)NC(C)Cc1ccccc1. The summed E-state index contributed by atoms with van der Waals surface area (Å²) >= 11 is 0. The van der Waals surface area contributed by atoms with E-state index in [0.717, 1.165) is 51.5 Å². The molecule has 0 aromatic heterocycles. The number of carbonyl (C=O) groups excluding carboxylic acids is 3. The Kier molecular flexibility index (Phi) is 14.9. The maximum Gasteiger partial charge on any atom is 0.241 e. The number of carbonyl (C=O) groups is 3. The Balaban J connectivity index is 1.89. The number of rotatable bonds is 21. The zero-order valence-corrected chi connectivity index (χ0v) is 29.0. The van der Waals surface area contributed by atoms with E-state index < -0.39 is 0 Å². The maximum absolute atomic E-state index is 13.7. The van der Waals surface area contributed by atoms with Crippen LogP contribution in [-0.4, -0.2) is 73.6 Å². The average Bonchev–Trinajstić information content (AvgIpc) is 3.85. The van der Waals surface area contributed by atoms with E-state index in [4.69, 9.17) is 4.74 Å². The lowest BCUT2D eigenvalue weighted by Gasteiger charge is -2.47. The van der Waals surface area contributed by atoms with Gasteiger partial charge in [-0.05, 0) is 69.3 Å². The van der Waals surface area contributed by atoms with E-state index >= 15 is 0 Å². The molecule has 0 radical (unpaired) electrons. The molecule has 3 rings (SSSR count). The number of unbranched alkanes of at least 4 members (excludes halogenated alkanes) is 1. The fraction of sp³-hybridized carbons (Fsp3) is 0.703. The van der Waals surface area contributed by atoms with Crippen molar-refractivity contribution in [3.05, 3.63) is 47.2 Å². The molecule has 2 aliphatic rings. The summed E-state index contributed by atoms with van der Waals surface area (Å²) in [7, 11) is 3.64. The zero-order valence-electron chi connectivity index (χ0n) is 29.0. The van der Waals surface area contributed by atoms with E-state index in [0.29, 0.717) is 24.2 Å². The van der Waals surface area contributed by atoms with Crippen molar-refractivity contribution in [2.24, 2.45) is 23.7 Å². The highest BCUT2D eigenvalue weighted by Crippen LogP contribution is 2.46. The fourth-order valence-electron chi connectivity index (χ4n) is 7.09. The number of nitrogens with zero attached hydrogens (tertiary/aromatic N) is 2. The third kappa shape index (κ3) is 10.3. The lowest BCUT2D eigenvalue weighted by molar-refractivity contribution is -0.137. The normalized spacial score (nSPS) is 18.4. The Morgan fingerprint density at radius 1 is 1.09 bits per heavy atom. The first kappa shape index (κ1) is 36.6. The highest BCUT2D eigenvalue weighted by atomic mass is 16.5. The highest BCUT2D eigenvalue weighted by molar-refractivity contribution is 5.80. The molecule has 252 valence electrons. The molecule has 6 unspecified atom stereocenters. The van der Waals surface area contributed by atoms with Gasteiger partial charge in [0.25, 0.3) is 0 Å². The van der Waals surface area contributed by atoms with Crippen LogP contribution in [0.2, 0.25) is 0 Å². The number of allylic oxidation sites excluding steroid dienone is 2. The van der Waals surface area contributed by atoms with Crippen molar-refractivity contribution in [1.82, 2.24) is 20.4 Å². The quantitative estimate of drug-likeness (QED) is 0.131. The summed E-state index contributed by atoms with van der Waals surface area (Å²) in [5.41, 5.74) is 3.99. The molecule has 6 atom stereocenters. The monoisotopic (exact) mass is 624 g/mol. The fourth-order valence-corrected chi connectivity index (χ4v) is 7.09. The first-order valence-corrected chi connectivity index (χ1v) is 17.4. The molecule has 45 heavy (non-hydrogen) atoms. The Hall–Kier alpha value is -2.87. The van der Waals surface area contributed by atoms with Gasteiger partial charge >= 0.3 is 0 Å². The minimum Gasteiger partial charge on any atom is -0.361 e. The molecule has 1 aromatic rings. The summed E-state index contributed by atoms with van der Waals surface area (Å²) in [6, 6.07) is 10.3. The second kappa shape index (κ2) is 18.3. The summed E-state index contributed by atoms with van der Waals surface area (Å²) in [4.78, 5) is 42.2. The maximum atomic E-state index is 13.7. The molecule has 0 bridgehead atoms. The summed E-state index contributed by atoms with van der Waals surface area (Å²) in [6.07, 6.45) is 10.6. The van der Waals surface area contributed by atoms with E-state index in [9.17, 15) is 14.4 Å². The minimum absolute atomic E-state index is 0.00581. The Morgan fingerprint density at radius 2 is 1.78 bits per heavy atom. The van der Waals surface area contributed by atoms with Gasteiger partial charge in [-0.15, -0.1) is 0 Å². The van der Waals surface area contributed by atoms with Gasteiger partial charge in [0.1, 0.15) is 6.23 Å². The summed E-state index contributed by atoms with van der Waals surface area (Å²) in [6.45, 7) is 11.6. The molecule has 2 saturated carbocycles. The van der Waals surface area contributed by atoms with Gasteiger partial charge in [0.05, 0.1) is 12.5 Å². The van der Waals surface area contributed by atoms with Crippen LogP contribution < -0.4 is 10.6 Å². The van der Waals surface area contributed by atoms with Gasteiger partial charge in [0, 0.05) is 38.5 Å². The van der Waals surface area contributed by atoms with E-state index in [-0.39, 0.29) is 42.6 Å². The number of hydrogen-bond donors (Lipinski definition) is 2. The van der Waals surface area contributed by atoms with Crippen LogP contribution in [-0.2, 0) is 25.5 Å². The second-order valence-corrected chi connectivity index (χ2v) is 13.5. The van der Waals surface area contributed by atoms with Crippen LogP contribution in [0.1, 0.15) is 98.0 Å². The molecule has 3 amide bonds. The zero-order chi connectivity index (χ0) is 32.9. The number of nitrogens with one attached hydrogen (secondary N) is 2. The van der Waals surface area contributed by atoms with Crippen LogP contribution in [0.15, 0.2) is 41.6 Å². The molecule has 0 aliphatic heterocycles. The topological polar surface area (TPSA) is 91.0 Å². The van der Waals surface area contributed by atoms with Crippen molar-refractivity contribution in [2.45, 2.75) is 117 Å². The molecule has 2 fully saturated rings.